The maximum atomic E-state index is 12.2. The Morgan fingerprint density at radius 2 is 2.27 bits per heavy atom. The number of ether oxygens (including phenoxy) is 1. The molecule has 4 atom stereocenters. The highest BCUT2D eigenvalue weighted by atomic mass is 17.2. The number of rotatable bonds is 5. The summed E-state index contributed by atoms with van der Waals surface area (Å²) in [5.41, 5.74) is 4.22. The van der Waals surface area contributed by atoms with Crippen LogP contribution in [0.3, 0.4) is 0 Å². The molecule has 2 rings (SSSR count). The molecule has 124 valence electrons. The van der Waals surface area contributed by atoms with Gasteiger partial charge in [-0.25, -0.2) is 14.6 Å². The zero-order valence-electron chi connectivity index (χ0n) is 12.7. The molecule has 0 bridgehead atoms. The first kappa shape index (κ1) is 16.8. The Kier molecular flexibility index (Phi) is 4.83. The Hall–Kier alpha value is -1.52. The van der Waals surface area contributed by atoms with Crippen LogP contribution >= 0.6 is 0 Å². The van der Waals surface area contributed by atoms with Crippen LogP contribution in [-0.4, -0.2) is 51.8 Å². The average Bonchev–Trinajstić information content (AvgIpc) is 2.77. The molecule has 1 saturated heterocycles. The summed E-state index contributed by atoms with van der Waals surface area (Å²) in [5, 5.41) is 19.6. The zero-order chi connectivity index (χ0) is 16.5. The van der Waals surface area contributed by atoms with E-state index in [9.17, 15) is 15.0 Å². The molecule has 0 amide bonds. The fraction of sp³-hybridized carbons (Fsp3) is 0.692. The van der Waals surface area contributed by atoms with Gasteiger partial charge in [-0.3, -0.25) is 4.57 Å². The smallest absolute Gasteiger partial charge is 0.351 e. The Bertz CT molecular complexity index is 592. The number of nitrogens with zero attached hydrogens (tertiary/aromatic N) is 2. The summed E-state index contributed by atoms with van der Waals surface area (Å²) in [4.78, 5) is 25.8. The van der Waals surface area contributed by atoms with Gasteiger partial charge in [0.25, 0.3) is 0 Å². The van der Waals surface area contributed by atoms with Gasteiger partial charge in [-0.05, 0) is 13.3 Å². The van der Waals surface area contributed by atoms with Crippen molar-refractivity contribution < 1.29 is 24.7 Å². The lowest BCUT2D eigenvalue weighted by molar-refractivity contribution is -0.346. The number of nitrogen functional groups attached to an aromatic ring is 1. The number of aliphatic hydroxyl groups excluding tert-OH is 2. The molecule has 0 aromatic carbocycles. The van der Waals surface area contributed by atoms with Crippen molar-refractivity contribution in [3.63, 3.8) is 0 Å². The van der Waals surface area contributed by atoms with Crippen LogP contribution < -0.4 is 11.4 Å². The second-order valence-corrected chi connectivity index (χ2v) is 5.17. The third-order valence-corrected chi connectivity index (χ3v) is 3.93. The molecule has 22 heavy (non-hydrogen) atoms. The van der Waals surface area contributed by atoms with Gasteiger partial charge in [0, 0.05) is 11.8 Å². The fourth-order valence-electron chi connectivity index (χ4n) is 2.72. The van der Waals surface area contributed by atoms with E-state index in [1.54, 1.807) is 13.8 Å². The lowest BCUT2D eigenvalue weighted by Gasteiger charge is -2.34. The van der Waals surface area contributed by atoms with E-state index in [1.807, 2.05) is 0 Å². The number of nitrogens with two attached hydrogens (primary N) is 1. The molecule has 1 fully saturated rings. The van der Waals surface area contributed by atoms with Gasteiger partial charge < -0.3 is 20.7 Å². The maximum Gasteiger partial charge on any atom is 0.351 e. The van der Waals surface area contributed by atoms with E-state index in [0.29, 0.717) is 5.56 Å². The van der Waals surface area contributed by atoms with Crippen molar-refractivity contribution in [2.45, 2.75) is 44.3 Å². The Morgan fingerprint density at radius 1 is 1.59 bits per heavy atom. The second-order valence-electron chi connectivity index (χ2n) is 5.17. The van der Waals surface area contributed by atoms with Crippen LogP contribution in [-0.2, 0) is 20.2 Å². The second kappa shape index (κ2) is 6.31. The molecule has 2 heterocycles. The lowest BCUT2D eigenvalue weighted by atomic mass is 9.99. The fourth-order valence-corrected chi connectivity index (χ4v) is 2.72. The van der Waals surface area contributed by atoms with Crippen molar-refractivity contribution in [3.05, 3.63) is 22.2 Å². The number of aromatic nitrogens is 2. The number of anilines is 1. The van der Waals surface area contributed by atoms with E-state index >= 15 is 0 Å². The van der Waals surface area contributed by atoms with Crippen LogP contribution in [0.2, 0.25) is 0 Å². The van der Waals surface area contributed by atoms with Crippen molar-refractivity contribution in [1.82, 2.24) is 9.55 Å². The molecule has 0 saturated carbocycles. The standard InChI is InChI=1S/C13H21N3O6/c1-4-13(16-5-7(2)11(14)15-12(16)19)10(22-20-3)9(18)8(6-17)21-13/h5,8-10,17-18H,4,6H2,1-3H3,(H2,14,15,19)/t8-,9-,10-,13-/m1/s1. The van der Waals surface area contributed by atoms with Gasteiger partial charge in [0.15, 0.2) is 11.8 Å². The van der Waals surface area contributed by atoms with Gasteiger partial charge in [-0.15, -0.1) is 0 Å². The Balaban J connectivity index is 2.60. The van der Waals surface area contributed by atoms with Gasteiger partial charge in [-0.1, -0.05) is 6.92 Å². The molecular formula is C13H21N3O6. The van der Waals surface area contributed by atoms with E-state index in [4.69, 9.17) is 15.4 Å². The van der Waals surface area contributed by atoms with Crippen molar-refractivity contribution in [2.24, 2.45) is 0 Å². The highest BCUT2D eigenvalue weighted by Crippen LogP contribution is 2.39. The molecule has 1 aromatic heterocycles. The first-order valence-electron chi connectivity index (χ1n) is 6.93. The van der Waals surface area contributed by atoms with Gasteiger partial charge in [-0.2, -0.15) is 4.98 Å². The number of hydrogen-bond donors (Lipinski definition) is 3. The Morgan fingerprint density at radius 3 is 2.82 bits per heavy atom. The van der Waals surface area contributed by atoms with Crippen LogP contribution in [0.15, 0.2) is 11.0 Å². The normalized spacial score (nSPS) is 31.6. The molecule has 9 nitrogen and oxygen atoms in total. The van der Waals surface area contributed by atoms with Crippen molar-refractivity contribution in [3.8, 4) is 0 Å². The minimum Gasteiger partial charge on any atom is -0.394 e. The van der Waals surface area contributed by atoms with Gasteiger partial charge in [0.2, 0.25) is 0 Å². The van der Waals surface area contributed by atoms with E-state index < -0.39 is 36.3 Å². The number of aliphatic hydroxyl groups is 2. The third-order valence-electron chi connectivity index (χ3n) is 3.93. The quantitative estimate of drug-likeness (QED) is 0.461. The molecule has 9 heteroatoms. The average molecular weight is 315 g/mol. The monoisotopic (exact) mass is 315 g/mol. The van der Waals surface area contributed by atoms with Gasteiger partial charge >= 0.3 is 5.69 Å². The molecular weight excluding hydrogens is 294 g/mol. The summed E-state index contributed by atoms with van der Waals surface area (Å²) in [6.45, 7) is 3.03. The summed E-state index contributed by atoms with van der Waals surface area (Å²) >= 11 is 0. The summed E-state index contributed by atoms with van der Waals surface area (Å²) in [6.07, 6.45) is -1.33. The summed E-state index contributed by atoms with van der Waals surface area (Å²) in [6, 6.07) is 0. The topological polar surface area (TPSA) is 129 Å². The highest BCUT2D eigenvalue weighted by Gasteiger charge is 2.57. The number of aryl methyl sites for hydroxylation is 1. The first-order chi connectivity index (χ1) is 10.4. The molecule has 1 aliphatic heterocycles. The first-order valence-corrected chi connectivity index (χ1v) is 6.93. The molecule has 0 radical (unpaired) electrons. The van der Waals surface area contributed by atoms with Crippen LogP contribution in [0.5, 0.6) is 0 Å². The van der Waals surface area contributed by atoms with Crippen LogP contribution in [0, 0.1) is 6.92 Å². The van der Waals surface area contributed by atoms with Gasteiger partial charge in [0.1, 0.15) is 18.0 Å². The van der Waals surface area contributed by atoms with E-state index in [0.717, 1.165) is 0 Å². The molecule has 0 unspecified atom stereocenters. The lowest BCUT2D eigenvalue weighted by Crippen LogP contribution is -2.51. The van der Waals surface area contributed by atoms with Crippen LogP contribution in [0.25, 0.3) is 0 Å². The SMILES string of the molecule is CC[C@@]1(n2cc(C)c(N)nc2=O)O[C@H](CO)[C@@H](O)[C@H]1OOC. The largest absolute Gasteiger partial charge is 0.394 e. The van der Waals surface area contributed by atoms with Gasteiger partial charge in [0.05, 0.1) is 13.7 Å². The summed E-state index contributed by atoms with van der Waals surface area (Å²) < 4.78 is 6.99. The van der Waals surface area contributed by atoms with E-state index in [-0.39, 0.29) is 12.2 Å². The van der Waals surface area contributed by atoms with Crippen LogP contribution in [0.4, 0.5) is 5.82 Å². The van der Waals surface area contributed by atoms with E-state index in [2.05, 4.69) is 9.87 Å². The molecule has 1 aliphatic rings. The number of hydrogen-bond acceptors (Lipinski definition) is 8. The summed E-state index contributed by atoms with van der Waals surface area (Å²) in [7, 11) is 1.29. The van der Waals surface area contributed by atoms with Crippen molar-refractivity contribution in [1.29, 1.82) is 0 Å². The maximum absolute atomic E-state index is 12.2. The summed E-state index contributed by atoms with van der Waals surface area (Å²) in [5.74, 6) is 0.119. The molecule has 1 aromatic rings. The molecule has 0 spiro atoms. The molecule has 4 N–H and O–H groups in total. The third kappa shape index (κ3) is 2.50. The zero-order valence-corrected chi connectivity index (χ0v) is 12.7. The van der Waals surface area contributed by atoms with Crippen molar-refractivity contribution in [2.75, 3.05) is 19.5 Å². The van der Waals surface area contributed by atoms with Crippen molar-refractivity contribution >= 4 is 5.82 Å². The molecule has 0 aliphatic carbocycles. The van der Waals surface area contributed by atoms with E-state index in [1.165, 1.54) is 17.9 Å². The minimum absolute atomic E-state index is 0.119. The predicted octanol–water partition coefficient (Wildman–Crippen LogP) is -1.10. The minimum atomic E-state index is -1.36. The highest BCUT2D eigenvalue weighted by molar-refractivity contribution is 5.35. The predicted molar refractivity (Wildman–Crippen MR) is 75.8 cm³/mol. The Labute approximate surface area is 127 Å². The van der Waals surface area contributed by atoms with Crippen LogP contribution in [0.1, 0.15) is 18.9 Å².